The molecule has 3 rings (SSSR count). The highest BCUT2D eigenvalue weighted by Crippen LogP contribution is 2.21. The van der Waals surface area contributed by atoms with Gasteiger partial charge in [-0.1, -0.05) is 48.0 Å². The lowest BCUT2D eigenvalue weighted by molar-refractivity contribution is -0.136. The number of thiazole rings is 1. The molecule has 0 atom stereocenters. The summed E-state index contributed by atoms with van der Waals surface area (Å²) in [4.78, 5) is 26.9. The van der Waals surface area contributed by atoms with E-state index in [2.05, 4.69) is 10.3 Å². The summed E-state index contributed by atoms with van der Waals surface area (Å²) in [5, 5.41) is 13.4. The highest BCUT2D eigenvalue weighted by molar-refractivity contribution is 7.14. The van der Waals surface area contributed by atoms with Crippen molar-refractivity contribution < 1.29 is 19.4 Å². The molecule has 0 fully saturated rings. The normalized spacial score (nSPS) is 10.8. The Balaban J connectivity index is 1.61. The van der Waals surface area contributed by atoms with Gasteiger partial charge in [-0.2, -0.15) is 0 Å². The Bertz CT molecular complexity index is 1030. The first-order chi connectivity index (χ1) is 14.0. The Kier molecular flexibility index (Phi) is 6.76. The zero-order chi connectivity index (χ0) is 20.6. The number of carbonyl (C=O) groups is 2. The van der Waals surface area contributed by atoms with E-state index in [9.17, 15) is 9.59 Å². The molecule has 0 saturated heterocycles. The molecule has 0 radical (unpaired) electrons. The molecule has 2 N–H and O–H groups in total. The summed E-state index contributed by atoms with van der Waals surface area (Å²) in [6.45, 7) is 2.47. The van der Waals surface area contributed by atoms with Gasteiger partial charge in [-0.05, 0) is 24.6 Å². The van der Waals surface area contributed by atoms with Crippen LogP contribution in [0.1, 0.15) is 22.4 Å². The number of nitrogens with zero attached hydrogens (tertiary/aromatic N) is 1. The number of hydrogen-bond acceptors (Lipinski definition) is 5. The lowest BCUT2D eigenvalue weighted by Gasteiger charge is -2.09. The molecule has 1 aromatic heterocycles. The molecule has 3 aromatic rings. The van der Waals surface area contributed by atoms with E-state index in [1.807, 2.05) is 55.5 Å². The number of aliphatic carboxylic acids is 1. The Morgan fingerprint density at radius 1 is 1.17 bits per heavy atom. The summed E-state index contributed by atoms with van der Waals surface area (Å²) in [7, 11) is 0. The molecule has 6 nitrogen and oxygen atoms in total. The van der Waals surface area contributed by atoms with E-state index in [0.717, 1.165) is 11.1 Å². The molecule has 0 unspecified atom stereocenters. The largest absolute Gasteiger partial charge is 0.488 e. The van der Waals surface area contributed by atoms with Gasteiger partial charge in [-0.3, -0.25) is 14.9 Å². The minimum absolute atomic E-state index is 0.173. The molecule has 29 heavy (non-hydrogen) atoms. The quantitative estimate of drug-likeness (QED) is 0.542. The van der Waals surface area contributed by atoms with Gasteiger partial charge < -0.3 is 9.84 Å². The van der Waals surface area contributed by atoms with Crippen LogP contribution < -0.4 is 10.1 Å². The number of para-hydroxylation sites is 1. The van der Waals surface area contributed by atoms with Crippen molar-refractivity contribution >= 4 is 34.4 Å². The van der Waals surface area contributed by atoms with E-state index < -0.39 is 5.97 Å². The number of amides is 1. The van der Waals surface area contributed by atoms with Gasteiger partial charge in [0.15, 0.2) is 5.13 Å². The molecule has 148 valence electrons. The van der Waals surface area contributed by atoms with Gasteiger partial charge in [0.05, 0.1) is 12.1 Å². The van der Waals surface area contributed by atoms with Gasteiger partial charge in [0.2, 0.25) is 5.91 Å². The third-order valence-electron chi connectivity index (χ3n) is 3.96. The number of carboxylic acid groups (broad SMARTS) is 1. The molecular formula is C22H20N2O4S. The van der Waals surface area contributed by atoms with Gasteiger partial charge in [0.1, 0.15) is 12.4 Å². The van der Waals surface area contributed by atoms with E-state index in [1.165, 1.54) is 23.0 Å². The zero-order valence-electron chi connectivity index (χ0n) is 15.8. The second-order valence-electron chi connectivity index (χ2n) is 6.35. The number of anilines is 1. The zero-order valence-corrected chi connectivity index (χ0v) is 16.6. The number of benzene rings is 2. The van der Waals surface area contributed by atoms with Crippen molar-refractivity contribution in [1.29, 1.82) is 0 Å². The van der Waals surface area contributed by atoms with Crippen LogP contribution in [-0.4, -0.2) is 22.0 Å². The van der Waals surface area contributed by atoms with E-state index in [1.54, 1.807) is 11.5 Å². The topological polar surface area (TPSA) is 88.5 Å². The molecule has 0 aliphatic rings. The second kappa shape index (κ2) is 9.66. The number of rotatable bonds is 8. The number of aromatic nitrogens is 1. The minimum Gasteiger partial charge on any atom is -0.488 e. The lowest BCUT2D eigenvalue weighted by Crippen LogP contribution is -2.08. The maximum Gasteiger partial charge on any atom is 0.309 e. The predicted molar refractivity (Wildman–Crippen MR) is 113 cm³/mol. The van der Waals surface area contributed by atoms with Gasteiger partial charge in [-0.25, -0.2) is 4.98 Å². The lowest BCUT2D eigenvalue weighted by atomic mass is 10.1. The summed E-state index contributed by atoms with van der Waals surface area (Å²) >= 11 is 1.19. The molecule has 7 heteroatoms. The molecule has 0 aliphatic carbocycles. The number of ether oxygens (including phenoxy) is 1. The van der Waals surface area contributed by atoms with Crippen LogP contribution in [0.3, 0.4) is 0 Å². The summed E-state index contributed by atoms with van der Waals surface area (Å²) < 4.78 is 5.91. The van der Waals surface area contributed by atoms with E-state index in [4.69, 9.17) is 9.84 Å². The van der Waals surface area contributed by atoms with Gasteiger partial charge in [0.25, 0.3) is 0 Å². The highest BCUT2D eigenvalue weighted by Gasteiger charge is 2.08. The molecule has 0 spiro atoms. The van der Waals surface area contributed by atoms with Crippen LogP contribution in [0.2, 0.25) is 0 Å². The third-order valence-corrected chi connectivity index (χ3v) is 4.77. The number of carboxylic acids is 1. The molecule has 0 bridgehead atoms. The Morgan fingerprint density at radius 3 is 2.69 bits per heavy atom. The first kappa shape index (κ1) is 20.3. The Morgan fingerprint density at radius 2 is 1.93 bits per heavy atom. The number of hydrogen-bond donors (Lipinski definition) is 2. The van der Waals surface area contributed by atoms with Crippen LogP contribution in [0.25, 0.3) is 6.08 Å². The van der Waals surface area contributed by atoms with Gasteiger partial charge in [0, 0.05) is 17.0 Å². The van der Waals surface area contributed by atoms with Gasteiger partial charge in [-0.15, -0.1) is 11.3 Å². The van der Waals surface area contributed by atoms with E-state index >= 15 is 0 Å². The average Bonchev–Trinajstić information content (AvgIpc) is 3.12. The minimum atomic E-state index is -0.963. The van der Waals surface area contributed by atoms with Crippen molar-refractivity contribution in [2.24, 2.45) is 0 Å². The fraction of sp³-hybridized carbons (Fsp3) is 0.136. The average molecular weight is 408 g/mol. The van der Waals surface area contributed by atoms with Crippen LogP contribution in [0.15, 0.2) is 60.0 Å². The maximum absolute atomic E-state index is 12.2. The first-order valence-electron chi connectivity index (χ1n) is 8.92. The fourth-order valence-electron chi connectivity index (χ4n) is 2.51. The van der Waals surface area contributed by atoms with Crippen molar-refractivity contribution in [2.75, 3.05) is 5.32 Å². The second-order valence-corrected chi connectivity index (χ2v) is 7.21. The smallest absolute Gasteiger partial charge is 0.309 e. The van der Waals surface area contributed by atoms with Crippen molar-refractivity contribution in [3.8, 4) is 5.75 Å². The van der Waals surface area contributed by atoms with Crippen LogP contribution in [0.4, 0.5) is 5.13 Å². The molecular weight excluding hydrogens is 388 g/mol. The number of carbonyl (C=O) groups excluding carboxylic acids is 1. The maximum atomic E-state index is 12.2. The van der Waals surface area contributed by atoms with Crippen molar-refractivity contribution in [3.05, 3.63) is 82.4 Å². The summed E-state index contributed by atoms with van der Waals surface area (Å²) in [5.41, 5.74) is 3.45. The SMILES string of the molecule is Cc1ccc(COc2ccccc2/C=C/C(=O)Nc2nc(CC(=O)O)cs2)cc1. The highest BCUT2D eigenvalue weighted by atomic mass is 32.1. The number of aryl methyl sites for hydroxylation is 1. The van der Waals surface area contributed by atoms with Crippen molar-refractivity contribution in [2.45, 2.75) is 20.0 Å². The molecule has 1 heterocycles. The summed E-state index contributed by atoms with van der Waals surface area (Å²) in [6.07, 6.45) is 2.89. The van der Waals surface area contributed by atoms with Crippen LogP contribution in [-0.2, 0) is 22.6 Å². The fourth-order valence-corrected chi connectivity index (χ4v) is 3.22. The third kappa shape index (κ3) is 6.29. The summed E-state index contributed by atoms with van der Waals surface area (Å²) in [6, 6.07) is 15.6. The number of nitrogens with one attached hydrogen (secondary N) is 1. The van der Waals surface area contributed by atoms with Gasteiger partial charge >= 0.3 is 5.97 Å². The molecule has 0 saturated carbocycles. The predicted octanol–water partition coefficient (Wildman–Crippen LogP) is 4.31. The monoisotopic (exact) mass is 408 g/mol. The van der Waals surface area contributed by atoms with Crippen molar-refractivity contribution in [3.63, 3.8) is 0 Å². The summed E-state index contributed by atoms with van der Waals surface area (Å²) in [5.74, 6) is -0.639. The van der Waals surface area contributed by atoms with E-state index in [0.29, 0.717) is 23.2 Å². The Hall–Kier alpha value is -3.45. The molecule has 2 aromatic carbocycles. The van der Waals surface area contributed by atoms with Crippen LogP contribution in [0.5, 0.6) is 5.75 Å². The van der Waals surface area contributed by atoms with E-state index in [-0.39, 0.29) is 12.3 Å². The van der Waals surface area contributed by atoms with Crippen LogP contribution >= 0.6 is 11.3 Å². The standard InChI is InChI=1S/C22H20N2O4S/c1-15-6-8-16(9-7-15)13-28-19-5-3-2-4-17(19)10-11-20(25)24-22-23-18(14-29-22)12-21(26)27/h2-11,14H,12-13H2,1H3,(H,26,27)(H,23,24,25)/b11-10+. The first-order valence-corrected chi connectivity index (χ1v) is 9.80. The van der Waals surface area contributed by atoms with Crippen molar-refractivity contribution in [1.82, 2.24) is 4.98 Å². The molecule has 0 aliphatic heterocycles. The van der Waals surface area contributed by atoms with Crippen LogP contribution in [0, 0.1) is 6.92 Å². The Labute approximate surface area is 172 Å². The molecule has 1 amide bonds.